The third-order valence-electron chi connectivity index (χ3n) is 6.56. The fourth-order valence-corrected chi connectivity index (χ4v) is 4.52. The second-order valence-corrected chi connectivity index (χ2v) is 9.00. The molecule has 11 heteroatoms. The van der Waals surface area contributed by atoms with E-state index in [0.29, 0.717) is 11.3 Å². The van der Waals surface area contributed by atoms with E-state index >= 15 is 0 Å². The Balaban J connectivity index is 1.57. The van der Waals surface area contributed by atoms with E-state index in [-0.39, 0.29) is 42.1 Å². The SMILES string of the molecule is CNC(=O)[C@@H]1Cn2c(=O)c(C(=O)NCc3ccc(OC)cc3)c(O)c3ncc(Cc4ccc(F)cc4)c(c32)O1. The van der Waals surface area contributed by atoms with Crippen LogP contribution in [0.25, 0.3) is 11.0 Å². The van der Waals surface area contributed by atoms with Crippen molar-refractivity contribution < 1.29 is 28.6 Å². The van der Waals surface area contributed by atoms with E-state index < -0.39 is 34.8 Å². The molecule has 1 aliphatic heterocycles. The lowest BCUT2D eigenvalue weighted by Crippen LogP contribution is -2.45. The zero-order chi connectivity index (χ0) is 27.7. The quantitative estimate of drug-likeness (QED) is 0.333. The summed E-state index contributed by atoms with van der Waals surface area (Å²) in [5.41, 5.74) is 0.898. The number of methoxy groups -OCH3 is 1. The van der Waals surface area contributed by atoms with Gasteiger partial charge in [0, 0.05) is 31.8 Å². The number of carbonyl (C=O) groups is 2. The van der Waals surface area contributed by atoms with Crippen molar-refractivity contribution in [3.8, 4) is 17.2 Å². The second kappa shape index (κ2) is 10.4. The Morgan fingerprint density at radius 1 is 1.15 bits per heavy atom. The first-order chi connectivity index (χ1) is 18.8. The van der Waals surface area contributed by atoms with Gasteiger partial charge in [0.2, 0.25) is 0 Å². The number of nitrogens with one attached hydrogen (secondary N) is 2. The fraction of sp³-hybridized carbons (Fsp3) is 0.214. The first-order valence-electron chi connectivity index (χ1n) is 12.1. The van der Waals surface area contributed by atoms with Crippen LogP contribution < -0.4 is 25.7 Å². The van der Waals surface area contributed by atoms with E-state index in [9.17, 15) is 23.9 Å². The highest BCUT2D eigenvalue weighted by molar-refractivity contribution is 6.02. The number of nitrogens with zero attached hydrogens (tertiary/aromatic N) is 2. The van der Waals surface area contributed by atoms with E-state index in [0.717, 1.165) is 11.1 Å². The predicted octanol–water partition coefficient (Wildman–Crippen LogP) is 2.28. The number of carbonyl (C=O) groups excluding carboxylic acids is 2. The number of aromatic hydroxyl groups is 1. The molecule has 1 aliphatic rings. The smallest absolute Gasteiger partial charge is 0.268 e. The second-order valence-electron chi connectivity index (χ2n) is 9.00. The zero-order valence-corrected chi connectivity index (χ0v) is 21.2. The molecule has 3 N–H and O–H groups in total. The molecule has 2 amide bonds. The maximum absolute atomic E-state index is 13.6. The van der Waals surface area contributed by atoms with Gasteiger partial charge in [0.25, 0.3) is 17.4 Å². The van der Waals surface area contributed by atoms with Crippen LogP contribution in [-0.4, -0.2) is 46.7 Å². The van der Waals surface area contributed by atoms with Gasteiger partial charge in [-0.3, -0.25) is 23.9 Å². The minimum Gasteiger partial charge on any atom is -0.505 e. The molecule has 0 saturated heterocycles. The standard InChI is InChI=1S/C28H25FN4O6/c1-30-26(35)20-14-33-23-22(31-13-17(25(23)39-20)11-15-3-7-18(29)8-4-15)24(34)21(28(33)37)27(36)32-12-16-5-9-19(38-2)10-6-16/h3-10,13,20,34H,11-12,14H2,1-2H3,(H,30,35)(H,32,36)/t20-/m0/s1. The highest BCUT2D eigenvalue weighted by Gasteiger charge is 2.34. The summed E-state index contributed by atoms with van der Waals surface area (Å²) in [6.07, 6.45) is 0.636. The Kier molecular flexibility index (Phi) is 6.88. The van der Waals surface area contributed by atoms with Gasteiger partial charge in [-0.05, 0) is 35.4 Å². The van der Waals surface area contributed by atoms with Crippen LogP contribution in [0.15, 0.2) is 59.5 Å². The van der Waals surface area contributed by atoms with Crippen LogP contribution >= 0.6 is 0 Å². The maximum atomic E-state index is 13.6. The molecule has 0 aliphatic carbocycles. The van der Waals surface area contributed by atoms with Gasteiger partial charge in [-0.15, -0.1) is 0 Å². The summed E-state index contributed by atoms with van der Waals surface area (Å²) >= 11 is 0. The maximum Gasteiger partial charge on any atom is 0.268 e. The Morgan fingerprint density at radius 2 is 1.85 bits per heavy atom. The summed E-state index contributed by atoms with van der Waals surface area (Å²) in [6.45, 7) is -0.0955. The number of ether oxygens (including phenoxy) is 2. The van der Waals surface area contributed by atoms with Crippen molar-refractivity contribution in [2.45, 2.75) is 25.6 Å². The number of halogens is 1. The average molecular weight is 533 g/mol. The molecular formula is C28H25FN4O6. The molecule has 1 atom stereocenters. The van der Waals surface area contributed by atoms with E-state index in [1.54, 1.807) is 43.5 Å². The third-order valence-corrected chi connectivity index (χ3v) is 6.56. The number of likely N-dealkylation sites (N-methyl/N-ethyl adjacent to an activating group) is 1. The molecule has 10 nitrogen and oxygen atoms in total. The monoisotopic (exact) mass is 532 g/mol. The number of aromatic nitrogens is 2. The lowest BCUT2D eigenvalue weighted by Gasteiger charge is -2.28. The van der Waals surface area contributed by atoms with Crippen LogP contribution in [0.1, 0.15) is 27.0 Å². The van der Waals surface area contributed by atoms with Crippen LogP contribution in [0.3, 0.4) is 0 Å². The number of hydrogen-bond acceptors (Lipinski definition) is 7. The summed E-state index contributed by atoms with van der Waals surface area (Å²) in [4.78, 5) is 43.6. The van der Waals surface area contributed by atoms with E-state index in [2.05, 4.69) is 15.6 Å². The van der Waals surface area contributed by atoms with Crippen molar-refractivity contribution in [1.82, 2.24) is 20.2 Å². The third kappa shape index (κ3) is 4.86. The molecule has 200 valence electrons. The van der Waals surface area contributed by atoms with E-state index in [1.165, 1.54) is 29.9 Å². The van der Waals surface area contributed by atoms with Crippen LogP contribution in [-0.2, 0) is 24.3 Å². The molecule has 3 heterocycles. The molecule has 0 radical (unpaired) electrons. The Hall–Kier alpha value is -4.93. The molecule has 0 bridgehead atoms. The number of pyridine rings is 2. The Labute approximate surface area is 222 Å². The van der Waals surface area contributed by atoms with Gasteiger partial charge in [-0.2, -0.15) is 0 Å². The molecule has 5 rings (SSSR count). The molecule has 4 aromatic rings. The zero-order valence-electron chi connectivity index (χ0n) is 21.2. The van der Waals surface area contributed by atoms with Crippen molar-refractivity contribution in [3.05, 3.63) is 93.2 Å². The van der Waals surface area contributed by atoms with Gasteiger partial charge in [-0.25, -0.2) is 4.39 Å². The lowest BCUT2D eigenvalue weighted by atomic mass is 10.0. The number of benzene rings is 2. The van der Waals surface area contributed by atoms with Gasteiger partial charge in [0.1, 0.15) is 28.2 Å². The molecule has 0 unspecified atom stereocenters. The summed E-state index contributed by atoms with van der Waals surface area (Å²) in [7, 11) is 2.99. The van der Waals surface area contributed by atoms with Crippen LogP contribution in [0.4, 0.5) is 4.39 Å². The molecule has 0 spiro atoms. The van der Waals surface area contributed by atoms with Crippen LogP contribution in [0, 0.1) is 5.82 Å². The minimum absolute atomic E-state index is 0.0163. The number of amides is 2. The normalized spacial score (nSPS) is 14.0. The van der Waals surface area contributed by atoms with Gasteiger partial charge in [-0.1, -0.05) is 24.3 Å². The van der Waals surface area contributed by atoms with Gasteiger partial charge in [0.05, 0.1) is 13.7 Å². The summed E-state index contributed by atoms with van der Waals surface area (Å²) in [5, 5.41) is 16.2. The van der Waals surface area contributed by atoms with Crippen molar-refractivity contribution in [2.75, 3.05) is 14.2 Å². The molecule has 39 heavy (non-hydrogen) atoms. The largest absolute Gasteiger partial charge is 0.505 e. The molecule has 2 aromatic carbocycles. The van der Waals surface area contributed by atoms with Crippen molar-refractivity contribution >= 4 is 22.8 Å². The first kappa shape index (κ1) is 25.7. The lowest BCUT2D eigenvalue weighted by molar-refractivity contribution is -0.128. The van der Waals surface area contributed by atoms with Crippen LogP contribution in [0.5, 0.6) is 17.2 Å². The molecule has 0 fully saturated rings. The van der Waals surface area contributed by atoms with Crippen molar-refractivity contribution in [1.29, 1.82) is 0 Å². The van der Waals surface area contributed by atoms with Gasteiger partial charge < -0.3 is 25.2 Å². The molecule has 0 saturated carbocycles. The van der Waals surface area contributed by atoms with Gasteiger partial charge >= 0.3 is 0 Å². The topological polar surface area (TPSA) is 132 Å². The van der Waals surface area contributed by atoms with Crippen molar-refractivity contribution in [3.63, 3.8) is 0 Å². The highest BCUT2D eigenvalue weighted by Crippen LogP contribution is 2.37. The minimum atomic E-state index is -1.07. The fourth-order valence-electron chi connectivity index (χ4n) is 4.52. The molecule has 2 aromatic heterocycles. The number of hydrogen-bond donors (Lipinski definition) is 3. The number of rotatable bonds is 7. The van der Waals surface area contributed by atoms with Crippen LogP contribution in [0.2, 0.25) is 0 Å². The van der Waals surface area contributed by atoms with E-state index in [1.807, 2.05) is 0 Å². The van der Waals surface area contributed by atoms with E-state index in [4.69, 9.17) is 9.47 Å². The average Bonchev–Trinajstić information content (AvgIpc) is 2.96. The van der Waals surface area contributed by atoms with Crippen molar-refractivity contribution in [2.24, 2.45) is 0 Å². The Morgan fingerprint density at radius 3 is 2.51 bits per heavy atom. The summed E-state index contributed by atoms with van der Waals surface area (Å²) < 4.78 is 25.8. The highest BCUT2D eigenvalue weighted by atomic mass is 19.1. The predicted molar refractivity (Wildman–Crippen MR) is 140 cm³/mol. The summed E-state index contributed by atoms with van der Waals surface area (Å²) in [6, 6.07) is 12.8. The molecular weight excluding hydrogens is 507 g/mol. The Bertz CT molecular complexity index is 1630. The van der Waals surface area contributed by atoms with Gasteiger partial charge in [0.15, 0.2) is 17.6 Å². The summed E-state index contributed by atoms with van der Waals surface area (Å²) in [5.74, 6) is -1.39. The first-order valence-corrected chi connectivity index (χ1v) is 12.1.